The SMILES string of the molecule is COC(=O)[C@@H]1CC2(CC2)CN1C(=O)c1cc(OC)c(OCCCOc2cc([N+](=O)[O-])c(C(=O)N3CC4(CC4)C[C@H]3C)cc2OC)cc1[N+](=O)[O-]. The van der Waals surface area contributed by atoms with Gasteiger partial charge in [0.1, 0.15) is 17.2 Å². The van der Waals surface area contributed by atoms with E-state index in [4.69, 9.17) is 23.7 Å². The normalized spacial score (nSPS) is 20.8. The third kappa shape index (κ3) is 6.57. The number of hydrogen-bond acceptors (Lipinski definition) is 12. The van der Waals surface area contributed by atoms with Crippen molar-refractivity contribution in [3.63, 3.8) is 0 Å². The fourth-order valence-corrected chi connectivity index (χ4v) is 7.31. The van der Waals surface area contributed by atoms with E-state index >= 15 is 0 Å². The summed E-state index contributed by atoms with van der Waals surface area (Å²) in [6, 6.07) is 4.00. The van der Waals surface area contributed by atoms with E-state index in [-0.39, 0.29) is 70.6 Å². The van der Waals surface area contributed by atoms with Crippen LogP contribution >= 0.6 is 0 Å². The first kappa shape index (κ1) is 34.7. The first-order valence-electron chi connectivity index (χ1n) is 16.5. The molecule has 2 saturated heterocycles. The van der Waals surface area contributed by atoms with Gasteiger partial charge in [-0.3, -0.25) is 29.8 Å². The molecule has 16 nitrogen and oxygen atoms in total. The van der Waals surface area contributed by atoms with E-state index in [9.17, 15) is 34.6 Å². The predicted molar refractivity (Wildman–Crippen MR) is 175 cm³/mol. The molecule has 2 heterocycles. The van der Waals surface area contributed by atoms with Crippen LogP contribution in [0.5, 0.6) is 23.0 Å². The maximum atomic E-state index is 13.6. The van der Waals surface area contributed by atoms with Crippen molar-refractivity contribution in [1.29, 1.82) is 0 Å². The summed E-state index contributed by atoms with van der Waals surface area (Å²) in [5.41, 5.74) is -1.24. The van der Waals surface area contributed by atoms with E-state index in [1.165, 1.54) is 44.4 Å². The molecule has 50 heavy (non-hydrogen) atoms. The van der Waals surface area contributed by atoms with Crippen molar-refractivity contribution in [2.24, 2.45) is 10.8 Å². The molecular formula is C34H40N4O12. The molecule has 0 unspecified atom stereocenters. The highest BCUT2D eigenvalue weighted by molar-refractivity contribution is 6.01. The van der Waals surface area contributed by atoms with Crippen LogP contribution in [0.4, 0.5) is 11.4 Å². The third-order valence-corrected chi connectivity index (χ3v) is 10.4. The lowest BCUT2D eigenvalue weighted by Crippen LogP contribution is -2.41. The number of amides is 2. The van der Waals surface area contributed by atoms with Gasteiger partial charge in [-0.1, -0.05) is 0 Å². The zero-order valence-corrected chi connectivity index (χ0v) is 28.4. The minimum Gasteiger partial charge on any atom is -0.493 e. The van der Waals surface area contributed by atoms with Gasteiger partial charge < -0.3 is 33.5 Å². The van der Waals surface area contributed by atoms with Gasteiger partial charge in [-0.2, -0.15) is 0 Å². The predicted octanol–water partition coefficient (Wildman–Crippen LogP) is 4.55. The molecule has 2 aliphatic heterocycles. The van der Waals surface area contributed by atoms with Crippen molar-refractivity contribution < 1.29 is 47.9 Å². The van der Waals surface area contributed by atoms with Crippen LogP contribution in [0.1, 0.15) is 72.6 Å². The summed E-state index contributed by atoms with van der Waals surface area (Å²) in [6.07, 6.45) is 5.38. The number of rotatable bonds is 13. The first-order valence-corrected chi connectivity index (χ1v) is 16.5. The largest absolute Gasteiger partial charge is 0.493 e. The average molecular weight is 697 g/mol. The zero-order valence-electron chi connectivity index (χ0n) is 28.4. The second-order valence-electron chi connectivity index (χ2n) is 13.8. The molecule has 0 radical (unpaired) electrons. The molecule has 0 N–H and O–H groups in total. The van der Waals surface area contributed by atoms with Gasteiger partial charge in [0.25, 0.3) is 23.2 Å². The molecule has 2 aliphatic carbocycles. The van der Waals surface area contributed by atoms with Crippen LogP contribution in [0.15, 0.2) is 24.3 Å². The highest BCUT2D eigenvalue weighted by Gasteiger charge is 2.56. The highest BCUT2D eigenvalue weighted by Crippen LogP contribution is 2.56. The molecule has 4 fully saturated rings. The first-order chi connectivity index (χ1) is 23.8. The standard InChI is InChI=1S/C34H40N4O12/c1-20-16-33(6-7-33)18-35(20)30(39)21-12-26(46-2)28(14-23(21)37(42)43)49-10-5-11-50-29-15-24(38(44)45)22(13-27(29)47-3)31(40)36-19-34(8-9-34)17-25(36)32(41)48-4/h12-15,20,25H,5-11,16-19H2,1-4H3/t20-,25+/m1/s1. The molecule has 268 valence electrons. The van der Waals surface area contributed by atoms with Crippen LogP contribution < -0.4 is 18.9 Å². The number of carbonyl (C=O) groups excluding carboxylic acids is 3. The number of benzene rings is 2. The van der Waals surface area contributed by atoms with E-state index in [0.717, 1.165) is 38.2 Å². The fraction of sp³-hybridized carbons (Fsp3) is 0.559. The smallest absolute Gasteiger partial charge is 0.328 e. The van der Waals surface area contributed by atoms with Crippen LogP contribution in [-0.2, 0) is 9.53 Å². The van der Waals surface area contributed by atoms with Gasteiger partial charge in [0.2, 0.25) is 0 Å². The highest BCUT2D eigenvalue weighted by atomic mass is 16.6. The van der Waals surface area contributed by atoms with Crippen molar-refractivity contribution in [3.05, 3.63) is 55.6 Å². The number of nitro groups is 2. The molecule has 6 rings (SSSR count). The van der Waals surface area contributed by atoms with Crippen LogP contribution in [0.3, 0.4) is 0 Å². The average Bonchev–Trinajstić information content (AvgIpc) is 3.97. The van der Waals surface area contributed by atoms with Gasteiger partial charge in [0.15, 0.2) is 23.0 Å². The van der Waals surface area contributed by atoms with E-state index in [1.807, 2.05) is 6.92 Å². The van der Waals surface area contributed by atoms with Crippen LogP contribution in [0.2, 0.25) is 0 Å². The number of nitrogens with zero attached hydrogens (tertiary/aromatic N) is 4. The number of nitro benzene ring substituents is 2. The molecule has 2 atom stereocenters. The lowest BCUT2D eigenvalue weighted by Gasteiger charge is -2.23. The number of carbonyl (C=O) groups is 3. The summed E-state index contributed by atoms with van der Waals surface area (Å²) in [7, 11) is 3.95. The lowest BCUT2D eigenvalue weighted by atomic mass is 10.0. The van der Waals surface area contributed by atoms with E-state index < -0.39 is 45.0 Å². The van der Waals surface area contributed by atoms with Crippen molar-refractivity contribution >= 4 is 29.2 Å². The van der Waals surface area contributed by atoms with Gasteiger partial charge >= 0.3 is 5.97 Å². The second-order valence-corrected chi connectivity index (χ2v) is 13.8. The minimum absolute atomic E-state index is 0.00452. The number of hydrogen-bond donors (Lipinski definition) is 0. The summed E-state index contributed by atoms with van der Waals surface area (Å²) in [5, 5.41) is 24.1. The summed E-state index contributed by atoms with van der Waals surface area (Å²) in [5.74, 6) is -1.35. The number of likely N-dealkylation sites (tertiary alicyclic amines) is 2. The summed E-state index contributed by atoms with van der Waals surface area (Å²) in [6.45, 7) is 2.84. The molecule has 2 aromatic carbocycles. The molecular weight excluding hydrogens is 656 g/mol. The molecule has 0 bridgehead atoms. The Bertz CT molecular complexity index is 1740. The Morgan fingerprint density at radius 1 is 0.740 bits per heavy atom. The van der Waals surface area contributed by atoms with Gasteiger partial charge in [-0.15, -0.1) is 0 Å². The maximum Gasteiger partial charge on any atom is 0.328 e. The molecule has 2 spiro atoms. The van der Waals surface area contributed by atoms with Crippen molar-refractivity contribution in [2.45, 2.75) is 64.0 Å². The third-order valence-electron chi connectivity index (χ3n) is 10.4. The number of esters is 1. The Kier molecular flexibility index (Phi) is 9.22. The minimum atomic E-state index is -0.836. The van der Waals surface area contributed by atoms with Crippen LogP contribution in [0.25, 0.3) is 0 Å². The van der Waals surface area contributed by atoms with Gasteiger partial charge in [-0.05, 0) is 56.3 Å². The zero-order chi connectivity index (χ0) is 36.0. The Balaban J connectivity index is 1.12. The summed E-state index contributed by atoms with van der Waals surface area (Å²) >= 11 is 0. The molecule has 2 amide bonds. The maximum absolute atomic E-state index is 13.6. The Labute approximate surface area is 287 Å². The van der Waals surface area contributed by atoms with Crippen molar-refractivity contribution in [1.82, 2.24) is 9.80 Å². The van der Waals surface area contributed by atoms with E-state index in [0.29, 0.717) is 19.5 Å². The second kappa shape index (κ2) is 13.3. The Hall–Kier alpha value is -5.15. The van der Waals surface area contributed by atoms with Crippen molar-refractivity contribution in [3.8, 4) is 23.0 Å². The Morgan fingerprint density at radius 3 is 1.62 bits per heavy atom. The molecule has 4 aliphatic rings. The number of ether oxygens (including phenoxy) is 5. The molecule has 2 aromatic rings. The van der Waals surface area contributed by atoms with E-state index in [2.05, 4.69) is 0 Å². The monoisotopic (exact) mass is 696 g/mol. The summed E-state index contributed by atoms with van der Waals surface area (Å²) < 4.78 is 27.3. The van der Waals surface area contributed by atoms with E-state index in [1.54, 1.807) is 4.90 Å². The molecule has 16 heteroatoms. The molecule has 2 saturated carbocycles. The van der Waals surface area contributed by atoms with Gasteiger partial charge in [0, 0.05) is 37.7 Å². The lowest BCUT2D eigenvalue weighted by molar-refractivity contribution is -0.385. The fourth-order valence-electron chi connectivity index (χ4n) is 7.31. The summed E-state index contributed by atoms with van der Waals surface area (Å²) in [4.78, 5) is 65.4. The van der Waals surface area contributed by atoms with Crippen LogP contribution in [-0.4, -0.2) is 97.1 Å². The Morgan fingerprint density at radius 2 is 1.20 bits per heavy atom. The topological polar surface area (TPSA) is 190 Å². The van der Waals surface area contributed by atoms with Gasteiger partial charge in [0.05, 0.1) is 56.5 Å². The molecule has 0 aromatic heterocycles. The van der Waals surface area contributed by atoms with Crippen LogP contribution in [0, 0.1) is 31.1 Å². The number of methoxy groups -OCH3 is 3. The van der Waals surface area contributed by atoms with Gasteiger partial charge in [-0.25, -0.2) is 4.79 Å². The van der Waals surface area contributed by atoms with Crippen molar-refractivity contribution in [2.75, 3.05) is 47.6 Å². The quantitative estimate of drug-likeness (QED) is 0.123.